The number of hydrogen-bond donors (Lipinski definition) is 0. The lowest BCUT2D eigenvalue weighted by molar-refractivity contribution is 0.411. The van der Waals surface area contributed by atoms with Crippen molar-refractivity contribution in [3.8, 4) is 11.8 Å². The predicted octanol–water partition coefficient (Wildman–Crippen LogP) is 2.66. The topological polar surface area (TPSA) is 33.0 Å². The lowest BCUT2D eigenvalue weighted by atomic mass is 10.1. The Bertz CT molecular complexity index is 330. The fraction of sp³-hybridized carbons (Fsp3) is 0.300. The molecule has 0 radical (unpaired) electrons. The van der Waals surface area contributed by atoms with E-state index in [0.29, 0.717) is 6.42 Å². The third kappa shape index (κ3) is 2.46. The van der Waals surface area contributed by atoms with Crippen LogP contribution >= 0.6 is 15.9 Å². The van der Waals surface area contributed by atoms with Crippen molar-refractivity contribution in [2.45, 2.75) is 11.8 Å². The van der Waals surface area contributed by atoms with E-state index in [-0.39, 0.29) is 0 Å². The highest BCUT2D eigenvalue weighted by Crippen LogP contribution is 2.22. The average Bonchev–Trinajstić information content (AvgIpc) is 2.18. The first-order valence-electron chi connectivity index (χ1n) is 3.90. The summed E-state index contributed by atoms with van der Waals surface area (Å²) in [7, 11) is 1.64. The summed E-state index contributed by atoms with van der Waals surface area (Å²) in [5.74, 6) is 0.838. The summed E-state index contributed by atoms with van der Waals surface area (Å²) in [6.45, 7) is 0. The molecule has 0 aliphatic rings. The van der Waals surface area contributed by atoms with E-state index in [4.69, 9.17) is 10.00 Å². The summed E-state index contributed by atoms with van der Waals surface area (Å²) in [4.78, 5) is 0. The lowest BCUT2D eigenvalue weighted by Gasteiger charge is -2.06. The van der Waals surface area contributed by atoms with Gasteiger partial charge in [0.05, 0.1) is 19.6 Å². The van der Waals surface area contributed by atoms with Gasteiger partial charge in [-0.15, -0.1) is 0 Å². The van der Waals surface area contributed by atoms with Gasteiger partial charge in [0, 0.05) is 10.9 Å². The largest absolute Gasteiger partial charge is 0.496 e. The minimum atomic E-state index is 0.429. The first kappa shape index (κ1) is 10.1. The zero-order valence-corrected chi connectivity index (χ0v) is 8.97. The number of nitrogens with zero attached hydrogens (tertiary/aromatic N) is 1. The Labute approximate surface area is 86.3 Å². The van der Waals surface area contributed by atoms with Crippen molar-refractivity contribution in [1.82, 2.24) is 0 Å². The summed E-state index contributed by atoms with van der Waals surface area (Å²) in [6, 6.07) is 7.93. The maximum absolute atomic E-state index is 8.51. The summed E-state index contributed by atoms with van der Waals surface area (Å²) in [5, 5.41) is 9.28. The van der Waals surface area contributed by atoms with Crippen LogP contribution in [0.5, 0.6) is 5.75 Å². The quantitative estimate of drug-likeness (QED) is 0.761. The number of rotatable bonds is 3. The van der Waals surface area contributed by atoms with Gasteiger partial charge in [0.2, 0.25) is 0 Å². The molecule has 1 rings (SSSR count). The smallest absolute Gasteiger partial charge is 0.123 e. The molecule has 0 aliphatic carbocycles. The Balaban J connectivity index is 3.00. The molecule has 1 aromatic rings. The lowest BCUT2D eigenvalue weighted by Crippen LogP contribution is -1.91. The van der Waals surface area contributed by atoms with Crippen LogP contribution in [0.2, 0.25) is 0 Å². The van der Waals surface area contributed by atoms with Crippen LogP contribution in [0.3, 0.4) is 0 Å². The standard InChI is InChI=1S/C10H10BrNO/c1-13-10-6-8(4-5-12)2-3-9(10)7-11/h2-3,6H,4,7H2,1H3. The van der Waals surface area contributed by atoms with E-state index in [0.717, 1.165) is 22.2 Å². The summed E-state index contributed by atoms with van der Waals surface area (Å²) in [5.41, 5.74) is 2.09. The Morgan fingerprint density at radius 1 is 1.54 bits per heavy atom. The van der Waals surface area contributed by atoms with Crippen molar-refractivity contribution in [2.75, 3.05) is 7.11 Å². The molecule has 0 heterocycles. The number of ether oxygens (including phenoxy) is 1. The van der Waals surface area contributed by atoms with Gasteiger partial charge in [0.15, 0.2) is 0 Å². The van der Waals surface area contributed by atoms with E-state index >= 15 is 0 Å². The monoisotopic (exact) mass is 239 g/mol. The van der Waals surface area contributed by atoms with Crippen LogP contribution in [-0.2, 0) is 11.8 Å². The first-order chi connectivity index (χ1) is 6.31. The molecular weight excluding hydrogens is 230 g/mol. The third-order valence-electron chi connectivity index (χ3n) is 1.78. The van der Waals surface area contributed by atoms with E-state index in [2.05, 4.69) is 22.0 Å². The molecule has 0 aliphatic heterocycles. The number of halogens is 1. The Morgan fingerprint density at radius 2 is 2.31 bits per heavy atom. The van der Waals surface area contributed by atoms with Crippen LogP contribution in [0.4, 0.5) is 0 Å². The van der Waals surface area contributed by atoms with Crippen LogP contribution in [0.1, 0.15) is 11.1 Å². The van der Waals surface area contributed by atoms with Crippen molar-refractivity contribution in [3.63, 3.8) is 0 Å². The van der Waals surface area contributed by atoms with Gasteiger partial charge in [-0.25, -0.2) is 0 Å². The van der Waals surface area contributed by atoms with Crippen LogP contribution in [-0.4, -0.2) is 7.11 Å². The zero-order chi connectivity index (χ0) is 9.68. The Hall–Kier alpha value is -1.01. The molecule has 0 unspecified atom stereocenters. The summed E-state index contributed by atoms with van der Waals surface area (Å²) < 4.78 is 5.18. The Kier molecular flexibility index (Phi) is 3.78. The van der Waals surface area contributed by atoms with Crippen LogP contribution in [0, 0.1) is 11.3 Å². The highest BCUT2D eigenvalue weighted by atomic mass is 79.9. The van der Waals surface area contributed by atoms with Gasteiger partial charge in [-0.2, -0.15) is 5.26 Å². The molecule has 68 valence electrons. The van der Waals surface area contributed by atoms with Crippen LogP contribution in [0.15, 0.2) is 18.2 Å². The van der Waals surface area contributed by atoms with E-state index in [1.807, 2.05) is 18.2 Å². The molecule has 3 heteroatoms. The normalized spacial score (nSPS) is 9.31. The van der Waals surface area contributed by atoms with Crippen molar-refractivity contribution in [1.29, 1.82) is 5.26 Å². The summed E-state index contributed by atoms with van der Waals surface area (Å²) in [6.07, 6.45) is 0.429. The molecule has 0 saturated heterocycles. The molecule has 0 saturated carbocycles. The second kappa shape index (κ2) is 4.88. The van der Waals surface area contributed by atoms with E-state index in [9.17, 15) is 0 Å². The van der Waals surface area contributed by atoms with Crippen LogP contribution in [0.25, 0.3) is 0 Å². The molecule has 0 spiro atoms. The van der Waals surface area contributed by atoms with Gasteiger partial charge >= 0.3 is 0 Å². The van der Waals surface area contributed by atoms with Crippen molar-refractivity contribution < 1.29 is 4.74 Å². The molecule has 2 nitrogen and oxygen atoms in total. The second-order valence-corrected chi connectivity index (χ2v) is 3.18. The zero-order valence-electron chi connectivity index (χ0n) is 7.38. The molecule has 13 heavy (non-hydrogen) atoms. The first-order valence-corrected chi connectivity index (χ1v) is 5.02. The molecule has 1 aromatic carbocycles. The summed E-state index contributed by atoms with van der Waals surface area (Å²) >= 11 is 3.37. The van der Waals surface area contributed by atoms with Gasteiger partial charge in [0.1, 0.15) is 5.75 Å². The Morgan fingerprint density at radius 3 is 2.85 bits per heavy atom. The predicted molar refractivity (Wildman–Crippen MR) is 54.9 cm³/mol. The maximum atomic E-state index is 8.51. The SMILES string of the molecule is COc1cc(CC#N)ccc1CBr. The molecule has 0 fully saturated rings. The molecular formula is C10H10BrNO. The average molecular weight is 240 g/mol. The number of benzene rings is 1. The highest BCUT2D eigenvalue weighted by molar-refractivity contribution is 9.08. The molecule has 0 aromatic heterocycles. The van der Waals surface area contributed by atoms with E-state index < -0.39 is 0 Å². The van der Waals surface area contributed by atoms with Gasteiger partial charge in [-0.05, 0) is 11.6 Å². The molecule has 0 N–H and O–H groups in total. The number of alkyl halides is 1. The fourth-order valence-corrected chi connectivity index (χ4v) is 1.56. The minimum Gasteiger partial charge on any atom is -0.496 e. The number of methoxy groups -OCH3 is 1. The van der Waals surface area contributed by atoms with E-state index in [1.54, 1.807) is 7.11 Å². The van der Waals surface area contributed by atoms with Crippen LogP contribution < -0.4 is 4.74 Å². The van der Waals surface area contributed by atoms with E-state index in [1.165, 1.54) is 0 Å². The van der Waals surface area contributed by atoms with Gasteiger partial charge in [-0.3, -0.25) is 0 Å². The molecule has 0 amide bonds. The third-order valence-corrected chi connectivity index (χ3v) is 2.38. The molecule has 0 atom stereocenters. The number of hydrogen-bond acceptors (Lipinski definition) is 2. The van der Waals surface area contributed by atoms with Crippen molar-refractivity contribution in [3.05, 3.63) is 29.3 Å². The van der Waals surface area contributed by atoms with Crippen molar-refractivity contribution in [2.24, 2.45) is 0 Å². The van der Waals surface area contributed by atoms with Gasteiger partial charge < -0.3 is 4.74 Å². The minimum absolute atomic E-state index is 0.429. The fourth-order valence-electron chi connectivity index (χ4n) is 1.10. The molecule has 0 bridgehead atoms. The van der Waals surface area contributed by atoms with Crippen molar-refractivity contribution >= 4 is 15.9 Å². The maximum Gasteiger partial charge on any atom is 0.123 e. The van der Waals surface area contributed by atoms with Gasteiger partial charge in [-0.1, -0.05) is 28.1 Å². The number of nitriles is 1. The highest BCUT2D eigenvalue weighted by Gasteiger charge is 2.02. The second-order valence-electron chi connectivity index (χ2n) is 2.61. The van der Waals surface area contributed by atoms with Gasteiger partial charge in [0.25, 0.3) is 0 Å².